The summed E-state index contributed by atoms with van der Waals surface area (Å²) < 4.78 is 11.0. The maximum atomic E-state index is 5.74. The van der Waals surface area contributed by atoms with Gasteiger partial charge in [-0.15, -0.1) is 0 Å². The molecular weight excluding hydrogens is 243 g/mol. The van der Waals surface area contributed by atoms with E-state index >= 15 is 0 Å². The van der Waals surface area contributed by atoms with Crippen LogP contribution in [0.2, 0.25) is 0 Å². The van der Waals surface area contributed by atoms with Gasteiger partial charge in [0.2, 0.25) is 0 Å². The van der Waals surface area contributed by atoms with Gasteiger partial charge in [0.15, 0.2) is 0 Å². The van der Waals surface area contributed by atoms with Gasteiger partial charge in [-0.3, -0.25) is 0 Å². The standard InChI is InChI=1S/C6H13O.C2H5O.In/c1-4-6(3,7)5-2;1-2-3;/h4-5H2,1-3H3;2H2,1H3;/q2*-1;+2. The van der Waals surface area contributed by atoms with Gasteiger partial charge in [0.1, 0.15) is 0 Å². The zero-order valence-electron chi connectivity index (χ0n) is 8.02. The minimum atomic E-state index is -1.13. The van der Waals surface area contributed by atoms with Crippen molar-refractivity contribution in [3.05, 3.63) is 0 Å². The van der Waals surface area contributed by atoms with Crippen LogP contribution in [0.15, 0.2) is 0 Å². The third kappa shape index (κ3) is 5.10. The molecule has 0 aliphatic carbocycles. The first-order valence-electron chi connectivity index (χ1n) is 4.29. The van der Waals surface area contributed by atoms with E-state index in [9.17, 15) is 0 Å². The van der Waals surface area contributed by atoms with Crippen LogP contribution in [0.4, 0.5) is 0 Å². The zero-order valence-corrected chi connectivity index (χ0v) is 11.3. The second-order valence-electron chi connectivity index (χ2n) is 2.83. The van der Waals surface area contributed by atoms with E-state index in [0.717, 1.165) is 19.4 Å². The average molecular weight is 261 g/mol. The van der Waals surface area contributed by atoms with E-state index in [0.29, 0.717) is 0 Å². The molecule has 0 aliphatic rings. The molecule has 0 heterocycles. The predicted molar refractivity (Wildman–Crippen MR) is 47.5 cm³/mol. The summed E-state index contributed by atoms with van der Waals surface area (Å²) in [6.45, 7) is 9.32. The van der Waals surface area contributed by atoms with Crippen molar-refractivity contribution < 1.29 is 5.71 Å². The van der Waals surface area contributed by atoms with Gasteiger partial charge in [-0.05, 0) is 0 Å². The topological polar surface area (TPSA) is 18.5 Å². The minimum absolute atomic E-state index is 0.0935. The first-order chi connectivity index (χ1) is 5.18. The predicted octanol–water partition coefficient (Wildman–Crippen LogP) is 2.15. The molecule has 0 aromatic carbocycles. The van der Waals surface area contributed by atoms with Gasteiger partial charge in [-0.25, -0.2) is 0 Å². The van der Waals surface area contributed by atoms with Crippen LogP contribution in [0.1, 0.15) is 40.5 Å². The molecule has 0 aromatic rings. The number of hydrogen-bond acceptors (Lipinski definition) is 2. The molecule has 0 aromatic heterocycles. The Balaban J connectivity index is 3.51. The normalized spacial score (nSPS) is 11.6. The van der Waals surface area contributed by atoms with E-state index in [-0.39, 0.29) is 5.60 Å². The number of hydrogen-bond donors (Lipinski definition) is 0. The van der Waals surface area contributed by atoms with E-state index in [4.69, 9.17) is 5.71 Å². The van der Waals surface area contributed by atoms with Crippen LogP contribution in [-0.4, -0.2) is 36.0 Å². The molecule has 0 fully saturated rings. The molecule has 0 aliphatic heterocycles. The van der Waals surface area contributed by atoms with Crippen LogP contribution >= 0.6 is 0 Å². The van der Waals surface area contributed by atoms with Gasteiger partial charge >= 0.3 is 82.2 Å². The van der Waals surface area contributed by atoms with Crippen LogP contribution in [-0.2, 0) is 5.71 Å². The summed E-state index contributed by atoms with van der Waals surface area (Å²) in [5, 5.41) is 0. The third-order valence-electron chi connectivity index (χ3n) is 2.06. The second kappa shape index (κ2) is 6.32. The van der Waals surface area contributed by atoms with Crippen LogP contribution < -0.4 is 0 Å². The van der Waals surface area contributed by atoms with Gasteiger partial charge in [-0.1, -0.05) is 0 Å². The van der Waals surface area contributed by atoms with E-state index < -0.39 is 23.8 Å². The number of rotatable bonds is 6. The fourth-order valence-corrected chi connectivity index (χ4v) is 2.83. The Morgan fingerprint density at radius 1 is 1.18 bits per heavy atom. The Kier molecular flexibility index (Phi) is 6.78. The fourth-order valence-electron chi connectivity index (χ4n) is 0.635. The summed E-state index contributed by atoms with van der Waals surface area (Å²) in [6.07, 6.45) is 2.17. The van der Waals surface area contributed by atoms with Crippen molar-refractivity contribution in [2.24, 2.45) is 0 Å². The van der Waals surface area contributed by atoms with Crippen molar-refractivity contribution in [2.75, 3.05) is 6.61 Å². The molecule has 2 nitrogen and oxygen atoms in total. The molecule has 0 spiro atoms. The Hall–Kier alpha value is 0.790. The molecule has 0 amide bonds. The molecule has 0 rings (SSSR count). The molecule has 0 unspecified atom stereocenters. The van der Waals surface area contributed by atoms with Crippen LogP contribution in [0, 0.1) is 0 Å². The molecule has 65 valence electrons. The molecule has 0 N–H and O–H groups in total. The Labute approximate surface area is 82.2 Å². The van der Waals surface area contributed by atoms with E-state index in [1.54, 1.807) is 0 Å². The molecule has 0 saturated carbocycles. The monoisotopic (exact) mass is 261 g/mol. The maximum absolute atomic E-state index is 5.74. The quantitative estimate of drug-likeness (QED) is 0.682. The van der Waals surface area contributed by atoms with Crippen molar-refractivity contribution in [3.8, 4) is 0 Å². The van der Waals surface area contributed by atoms with Crippen molar-refractivity contribution in [1.82, 2.24) is 0 Å². The van der Waals surface area contributed by atoms with Crippen LogP contribution in [0.3, 0.4) is 0 Å². The molecule has 3 heteroatoms. The fraction of sp³-hybridized carbons (Fsp3) is 1.00. The second-order valence-corrected chi connectivity index (χ2v) is 5.00. The summed E-state index contributed by atoms with van der Waals surface area (Å²) in [5.74, 6) is 0. The van der Waals surface area contributed by atoms with Crippen LogP contribution in [0.25, 0.3) is 0 Å². The van der Waals surface area contributed by atoms with E-state index in [1.807, 2.05) is 6.92 Å². The van der Waals surface area contributed by atoms with Crippen LogP contribution in [0.5, 0.6) is 0 Å². The molecule has 1 radical (unpaired) electrons. The average Bonchev–Trinajstić information content (AvgIpc) is 2.05. The van der Waals surface area contributed by atoms with E-state index in [1.165, 1.54) is 0 Å². The summed E-state index contributed by atoms with van der Waals surface area (Å²) in [6, 6.07) is 0. The van der Waals surface area contributed by atoms with Gasteiger partial charge in [-0.2, -0.15) is 0 Å². The van der Waals surface area contributed by atoms with Gasteiger partial charge in [0.25, 0.3) is 0 Å². The summed E-state index contributed by atoms with van der Waals surface area (Å²) >= 11 is -1.13. The zero-order chi connectivity index (χ0) is 8.74. The molecule has 0 atom stereocenters. The Bertz CT molecular complexity index is 92.1. The van der Waals surface area contributed by atoms with Crippen molar-refractivity contribution in [3.63, 3.8) is 0 Å². The molecular formula is C8H18InO2. The third-order valence-corrected chi connectivity index (χ3v) is 5.30. The first kappa shape index (κ1) is 11.8. The van der Waals surface area contributed by atoms with Gasteiger partial charge < -0.3 is 0 Å². The molecule has 11 heavy (non-hydrogen) atoms. The summed E-state index contributed by atoms with van der Waals surface area (Å²) in [7, 11) is 0. The van der Waals surface area contributed by atoms with E-state index in [2.05, 4.69) is 20.8 Å². The molecule has 0 saturated heterocycles. The van der Waals surface area contributed by atoms with Crippen molar-refractivity contribution in [2.45, 2.75) is 46.1 Å². The SMILES string of the molecule is CC[O][In][O]C(C)(CC)CC. The van der Waals surface area contributed by atoms with Gasteiger partial charge in [0, 0.05) is 0 Å². The van der Waals surface area contributed by atoms with Crippen molar-refractivity contribution >= 4 is 23.8 Å². The van der Waals surface area contributed by atoms with Crippen molar-refractivity contribution in [1.29, 1.82) is 0 Å². The first-order valence-corrected chi connectivity index (χ1v) is 6.98. The molecule has 0 bridgehead atoms. The Morgan fingerprint density at radius 2 is 1.73 bits per heavy atom. The summed E-state index contributed by atoms with van der Waals surface area (Å²) in [5.41, 5.74) is 0.0935. The van der Waals surface area contributed by atoms with Gasteiger partial charge in [0.05, 0.1) is 0 Å². The Morgan fingerprint density at radius 3 is 2.09 bits per heavy atom. The summed E-state index contributed by atoms with van der Waals surface area (Å²) in [4.78, 5) is 0.